The summed E-state index contributed by atoms with van der Waals surface area (Å²) < 4.78 is 0. The van der Waals surface area contributed by atoms with E-state index in [1.54, 1.807) is 12.1 Å². The summed E-state index contributed by atoms with van der Waals surface area (Å²) in [4.78, 5) is 18.7. The van der Waals surface area contributed by atoms with Gasteiger partial charge < -0.3 is 15.7 Å². The van der Waals surface area contributed by atoms with Crippen molar-refractivity contribution in [1.82, 2.24) is 4.98 Å². The van der Waals surface area contributed by atoms with Crippen molar-refractivity contribution >= 4 is 23.5 Å². The van der Waals surface area contributed by atoms with Crippen molar-refractivity contribution in [2.24, 2.45) is 11.7 Å². The van der Waals surface area contributed by atoms with Gasteiger partial charge in [0.25, 0.3) is 0 Å². The number of aliphatic hydroxyl groups is 1. The topological polar surface area (TPSA) is 127 Å². The van der Waals surface area contributed by atoms with Crippen LogP contribution in [0.15, 0.2) is 35.4 Å². The lowest BCUT2D eigenvalue weighted by molar-refractivity contribution is -0.117. The van der Waals surface area contributed by atoms with Crippen molar-refractivity contribution in [3.05, 3.63) is 52.6 Å². The first kappa shape index (κ1) is 20.7. The average molecular weight is 407 g/mol. The minimum absolute atomic E-state index is 0.0780. The Labute approximate surface area is 173 Å². The molecule has 1 atom stereocenters. The normalized spacial score (nSPS) is 14.6. The third kappa shape index (κ3) is 4.04. The van der Waals surface area contributed by atoms with Gasteiger partial charge in [0, 0.05) is 25.6 Å². The van der Waals surface area contributed by atoms with Gasteiger partial charge in [-0.05, 0) is 17.5 Å². The molecule has 0 radical (unpaired) electrons. The number of hydrogen-bond donors (Lipinski definition) is 2. The van der Waals surface area contributed by atoms with Gasteiger partial charge in [0.05, 0.1) is 11.1 Å². The molecule has 1 fully saturated rings. The van der Waals surface area contributed by atoms with Crippen molar-refractivity contribution in [3.63, 3.8) is 0 Å². The maximum Gasteiger partial charge on any atom is 0.235 e. The van der Waals surface area contributed by atoms with Gasteiger partial charge in [-0.25, -0.2) is 4.98 Å². The quantitative estimate of drug-likeness (QED) is 0.673. The lowest BCUT2D eigenvalue weighted by Crippen LogP contribution is -2.49. The van der Waals surface area contributed by atoms with E-state index in [-0.39, 0.29) is 12.5 Å². The van der Waals surface area contributed by atoms with Crippen molar-refractivity contribution in [1.29, 1.82) is 10.5 Å². The van der Waals surface area contributed by atoms with Crippen LogP contribution in [0.2, 0.25) is 0 Å². The zero-order valence-electron chi connectivity index (χ0n) is 16.0. The third-order valence-corrected chi connectivity index (χ3v) is 6.19. The van der Waals surface area contributed by atoms with E-state index in [1.165, 1.54) is 0 Å². The predicted octanol–water partition coefficient (Wildman–Crippen LogP) is 2.13. The molecule has 1 aliphatic rings. The molecular formula is C21H21N5O2S. The number of rotatable bonds is 7. The van der Waals surface area contributed by atoms with E-state index in [9.17, 15) is 20.4 Å². The van der Waals surface area contributed by atoms with Crippen LogP contribution in [0.3, 0.4) is 0 Å². The molecule has 8 heteroatoms. The highest BCUT2D eigenvalue weighted by atomic mass is 32.2. The van der Waals surface area contributed by atoms with E-state index in [0.29, 0.717) is 47.0 Å². The number of aromatic nitrogens is 1. The van der Waals surface area contributed by atoms with Crippen molar-refractivity contribution in [2.45, 2.75) is 23.6 Å². The summed E-state index contributed by atoms with van der Waals surface area (Å²) in [6.45, 7) is 3.14. The second-order valence-corrected chi connectivity index (χ2v) is 7.90. The Hall–Kier alpha value is -3.07. The first-order valence-corrected chi connectivity index (χ1v) is 10.2. The monoisotopic (exact) mass is 407 g/mol. The number of carbonyl (C=O) groups excluding carboxylic acids is 1. The van der Waals surface area contributed by atoms with E-state index >= 15 is 0 Å². The molecule has 1 unspecified atom stereocenters. The number of amides is 1. The lowest BCUT2D eigenvalue weighted by Gasteiger charge is -2.40. The fourth-order valence-electron chi connectivity index (χ4n) is 3.39. The Morgan fingerprint density at radius 2 is 1.97 bits per heavy atom. The number of benzene rings is 1. The van der Waals surface area contributed by atoms with Gasteiger partial charge in [-0.1, -0.05) is 49.0 Å². The molecule has 29 heavy (non-hydrogen) atoms. The number of pyridine rings is 1. The van der Waals surface area contributed by atoms with Crippen LogP contribution >= 0.6 is 11.8 Å². The van der Waals surface area contributed by atoms with Crippen molar-refractivity contribution in [2.75, 3.05) is 24.6 Å². The van der Waals surface area contributed by atoms with Crippen LogP contribution in [0.1, 0.15) is 34.4 Å². The highest BCUT2D eigenvalue weighted by Gasteiger charge is 2.32. The average Bonchev–Trinajstić information content (AvgIpc) is 2.70. The number of nitrogens with two attached hydrogens (primary N) is 1. The van der Waals surface area contributed by atoms with Crippen LogP contribution in [0, 0.1) is 28.6 Å². The van der Waals surface area contributed by atoms with Gasteiger partial charge in [0.15, 0.2) is 0 Å². The Balaban J connectivity index is 2.09. The molecule has 0 spiro atoms. The molecule has 0 aliphatic carbocycles. The summed E-state index contributed by atoms with van der Waals surface area (Å²) >= 11 is 1.13. The van der Waals surface area contributed by atoms with Crippen LogP contribution in [-0.2, 0) is 11.2 Å². The zero-order valence-corrected chi connectivity index (χ0v) is 16.8. The molecule has 1 saturated heterocycles. The van der Waals surface area contributed by atoms with E-state index < -0.39 is 11.2 Å². The molecule has 2 heterocycles. The van der Waals surface area contributed by atoms with Gasteiger partial charge >= 0.3 is 0 Å². The van der Waals surface area contributed by atoms with E-state index in [4.69, 9.17) is 5.73 Å². The zero-order chi connectivity index (χ0) is 21.0. The van der Waals surface area contributed by atoms with Crippen LogP contribution < -0.4 is 10.6 Å². The lowest BCUT2D eigenvalue weighted by atomic mass is 9.97. The van der Waals surface area contributed by atoms with Crippen LogP contribution in [0.25, 0.3) is 0 Å². The largest absolute Gasteiger partial charge is 0.396 e. The van der Waals surface area contributed by atoms with E-state index in [1.807, 2.05) is 30.0 Å². The molecule has 148 valence electrons. The fraction of sp³-hybridized carbons (Fsp3) is 0.333. The first-order valence-electron chi connectivity index (χ1n) is 9.27. The molecule has 7 nitrogen and oxygen atoms in total. The van der Waals surface area contributed by atoms with Gasteiger partial charge in [0.2, 0.25) is 5.91 Å². The second-order valence-electron chi connectivity index (χ2n) is 6.81. The minimum Gasteiger partial charge on any atom is -0.396 e. The predicted molar refractivity (Wildman–Crippen MR) is 110 cm³/mol. The van der Waals surface area contributed by atoms with Crippen molar-refractivity contribution in [3.8, 4) is 12.1 Å². The molecule has 0 saturated carbocycles. The van der Waals surface area contributed by atoms with Gasteiger partial charge in [-0.3, -0.25) is 4.79 Å². The number of anilines is 1. The maximum atomic E-state index is 12.1. The number of thioether (sulfide) groups is 1. The molecule has 2 aromatic rings. The highest BCUT2D eigenvalue weighted by molar-refractivity contribution is 8.00. The van der Waals surface area contributed by atoms with E-state index in [2.05, 4.69) is 17.1 Å². The summed E-state index contributed by atoms with van der Waals surface area (Å²) in [5.41, 5.74) is 7.67. The van der Waals surface area contributed by atoms with Gasteiger partial charge in [0.1, 0.15) is 28.2 Å². The summed E-state index contributed by atoms with van der Waals surface area (Å²) in [6.07, 6.45) is 0.485. The standard InChI is InChI=1S/C21H21N5O2S/c1-2-15-16(8-22)20(26-10-13(11-26)12-27)25-21(17(15)9-23)29-18(19(24)28)14-6-4-3-5-7-14/h3-7,13,18,27H,2,10-12H2,1H3,(H2,24,28). The SMILES string of the molecule is CCc1c(C#N)c(SC(C(N)=O)c2ccccc2)nc(N2CC(CO)C2)c1C#N. The molecule has 3 rings (SSSR count). The summed E-state index contributed by atoms with van der Waals surface area (Å²) in [5.74, 6) is 0.106. The Morgan fingerprint density at radius 3 is 2.48 bits per heavy atom. The van der Waals surface area contributed by atoms with Crippen LogP contribution in [-0.4, -0.2) is 35.7 Å². The minimum atomic E-state index is -0.706. The number of nitriles is 2. The molecule has 1 aromatic carbocycles. The number of nitrogens with zero attached hydrogens (tertiary/aromatic N) is 4. The maximum absolute atomic E-state index is 12.1. The molecule has 1 aromatic heterocycles. The molecule has 3 N–H and O–H groups in total. The first-order chi connectivity index (χ1) is 14.0. The molecular weight excluding hydrogens is 386 g/mol. The third-order valence-electron chi connectivity index (χ3n) is 4.93. The summed E-state index contributed by atoms with van der Waals surface area (Å²) in [5, 5.41) is 28.5. The van der Waals surface area contributed by atoms with Gasteiger partial charge in [-0.2, -0.15) is 10.5 Å². The van der Waals surface area contributed by atoms with Crippen LogP contribution in [0.5, 0.6) is 0 Å². The van der Waals surface area contributed by atoms with Crippen LogP contribution in [0.4, 0.5) is 5.82 Å². The van der Waals surface area contributed by atoms with E-state index in [0.717, 1.165) is 17.3 Å². The second kappa shape index (κ2) is 8.95. The number of aliphatic hydroxyl groups excluding tert-OH is 1. The Bertz CT molecular complexity index is 991. The Kier molecular flexibility index (Phi) is 6.38. The van der Waals surface area contributed by atoms with Gasteiger partial charge in [-0.15, -0.1) is 0 Å². The Morgan fingerprint density at radius 1 is 1.31 bits per heavy atom. The fourth-order valence-corrected chi connectivity index (χ4v) is 4.44. The molecule has 0 bridgehead atoms. The summed E-state index contributed by atoms with van der Waals surface area (Å²) in [6, 6.07) is 13.5. The number of primary amides is 1. The number of carbonyl (C=O) groups is 1. The molecule has 1 aliphatic heterocycles. The number of hydrogen-bond acceptors (Lipinski definition) is 7. The highest BCUT2D eigenvalue weighted by Crippen LogP contribution is 2.40. The smallest absolute Gasteiger partial charge is 0.235 e. The van der Waals surface area contributed by atoms with Crippen molar-refractivity contribution < 1.29 is 9.90 Å². The molecule has 1 amide bonds. The summed E-state index contributed by atoms with van der Waals surface area (Å²) in [7, 11) is 0.